The van der Waals surface area contributed by atoms with Crippen LogP contribution in [-0.4, -0.2) is 44.3 Å². The average Bonchev–Trinajstić information content (AvgIpc) is 2.08. The molecule has 1 unspecified atom stereocenters. The highest BCUT2D eigenvalue weighted by atomic mass is 127. The first-order valence-electron chi connectivity index (χ1n) is 3.83. The van der Waals surface area contributed by atoms with Crippen LogP contribution in [0.4, 0.5) is 0 Å². The van der Waals surface area contributed by atoms with Crippen molar-refractivity contribution in [2.45, 2.75) is 31.5 Å². The van der Waals surface area contributed by atoms with Crippen molar-refractivity contribution in [3.05, 3.63) is 0 Å². The molecule has 3 N–H and O–H groups in total. The van der Waals surface area contributed by atoms with Crippen LogP contribution < -0.4 is 0 Å². The lowest BCUT2D eigenvalue weighted by atomic mass is 9.91. The molecule has 0 spiro atoms. The fourth-order valence-electron chi connectivity index (χ4n) is 1.27. The Bertz CT molecular complexity index is 150. The predicted molar refractivity (Wildman–Crippen MR) is 50.9 cm³/mol. The van der Waals surface area contributed by atoms with Gasteiger partial charge in [-0.3, -0.25) is 0 Å². The summed E-state index contributed by atoms with van der Waals surface area (Å²) in [5.74, 6) is -0.339. The summed E-state index contributed by atoms with van der Waals surface area (Å²) in [6, 6.07) is 0. The topological polar surface area (TPSA) is 69.9 Å². The van der Waals surface area contributed by atoms with E-state index < -0.39 is 18.5 Å². The summed E-state index contributed by atoms with van der Waals surface area (Å²) >= 11 is 2.07. The molecule has 1 aliphatic rings. The fraction of sp³-hybridized carbons (Fsp3) is 1.00. The molecule has 0 aromatic heterocycles. The van der Waals surface area contributed by atoms with Gasteiger partial charge in [0, 0.05) is 10.3 Å². The number of ether oxygens (including phenoxy) is 1. The minimum absolute atomic E-state index is 0.339. The van der Waals surface area contributed by atoms with E-state index in [0.717, 1.165) is 0 Å². The Labute approximate surface area is 84.7 Å². The SMILES string of the molecule is C[C@@H]1[C@@H](O)[C@H](CI)OC(O)[C@@H]1O. The lowest BCUT2D eigenvalue weighted by Crippen LogP contribution is -2.53. The molecule has 0 radical (unpaired) electrons. The normalized spacial score (nSPS) is 49.2. The first-order valence-corrected chi connectivity index (χ1v) is 5.36. The van der Waals surface area contributed by atoms with Crippen LogP contribution in [0.3, 0.4) is 0 Å². The van der Waals surface area contributed by atoms with Crippen molar-refractivity contribution in [2.24, 2.45) is 5.92 Å². The zero-order chi connectivity index (χ0) is 9.30. The molecule has 0 amide bonds. The Morgan fingerprint density at radius 1 is 1.25 bits per heavy atom. The summed E-state index contributed by atoms with van der Waals surface area (Å²) in [4.78, 5) is 0. The van der Waals surface area contributed by atoms with E-state index in [1.165, 1.54) is 0 Å². The van der Waals surface area contributed by atoms with Crippen molar-refractivity contribution in [3.63, 3.8) is 0 Å². The number of aliphatic hydroxyl groups excluding tert-OH is 3. The third-order valence-electron chi connectivity index (χ3n) is 2.22. The van der Waals surface area contributed by atoms with Gasteiger partial charge in [-0.05, 0) is 0 Å². The largest absolute Gasteiger partial charge is 0.390 e. The summed E-state index contributed by atoms with van der Waals surface area (Å²) < 4.78 is 5.58. The van der Waals surface area contributed by atoms with Crippen molar-refractivity contribution in [2.75, 3.05) is 4.43 Å². The van der Waals surface area contributed by atoms with Crippen LogP contribution in [-0.2, 0) is 4.74 Å². The second kappa shape index (κ2) is 4.19. The van der Waals surface area contributed by atoms with Gasteiger partial charge in [-0.2, -0.15) is 0 Å². The maximum absolute atomic E-state index is 9.52. The molecular weight excluding hydrogens is 275 g/mol. The summed E-state index contributed by atoms with van der Waals surface area (Å²) in [6.45, 7) is 1.69. The number of hydrogen-bond acceptors (Lipinski definition) is 4. The maximum atomic E-state index is 9.52. The molecule has 0 aromatic rings. The number of rotatable bonds is 1. The van der Waals surface area contributed by atoms with Gasteiger partial charge in [0.25, 0.3) is 0 Å². The number of aliphatic hydroxyl groups is 3. The van der Waals surface area contributed by atoms with E-state index in [0.29, 0.717) is 4.43 Å². The van der Waals surface area contributed by atoms with Crippen LogP contribution in [0.25, 0.3) is 0 Å². The first-order chi connectivity index (χ1) is 5.57. The molecule has 1 rings (SSSR count). The molecule has 1 fully saturated rings. The van der Waals surface area contributed by atoms with Gasteiger partial charge in [0.1, 0.15) is 6.10 Å². The molecule has 5 atom stereocenters. The van der Waals surface area contributed by atoms with E-state index in [2.05, 4.69) is 22.6 Å². The van der Waals surface area contributed by atoms with Crippen molar-refractivity contribution < 1.29 is 20.1 Å². The second-order valence-electron chi connectivity index (χ2n) is 3.06. The Morgan fingerprint density at radius 2 is 1.83 bits per heavy atom. The minimum Gasteiger partial charge on any atom is -0.390 e. The van der Waals surface area contributed by atoms with Crippen LogP contribution in [0.1, 0.15) is 6.92 Å². The number of alkyl halides is 1. The van der Waals surface area contributed by atoms with E-state index >= 15 is 0 Å². The standard InChI is InChI=1S/C7H13IO4/c1-3-5(9)4(2-8)12-7(11)6(3)10/h3-7,9-11H,2H2,1H3/t3-,4+,5-,6-,7?/m1/s1. The van der Waals surface area contributed by atoms with Crippen molar-refractivity contribution in [3.8, 4) is 0 Å². The monoisotopic (exact) mass is 288 g/mol. The second-order valence-corrected chi connectivity index (χ2v) is 3.94. The van der Waals surface area contributed by atoms with E-state index in [9.17, 15) is 15.3 Å². The molecule has 5 heteroatoms. The van der Waals surface area contributed by atoms with E-state index in [-0.39, 0.29) is 12.0 Å². The number of halogens is 1. The molecule has 1 saturated heterocycles. The van der Waals surface area contributed by atoms with Crippen LogP contribution in [0, 0.1) is 5.92 Å². The van der Waals surface area contributed by atoms with Gasteiger partial charge in [-0.25, -0.2) is 0 Å². The van der Waals surface area contributed by atoms with Crippen molar-refractivity contribution >= 4 is 22.6 Å². The molecule has 1 heterocycles. The van der Waals surface area contributed by atoms with Gasteiger partial charge in [0.15, 0.2) is 6.29 Å². The van der Waals surface area contributed by atoms with E-state index in [1.54, 1.807) is 6.92 Å². The summed E-state index contributed by atoms with van der Waals surface area (Å²) in [5.41, 5.74) is 0. The lowest BCUT2D eigenvalue weighted by molar-refractivity contribution is -0.259. The van der Waals surface area contributed by atoms with Crippen LogP contribution in [0.15, 0.2) is 0 Å². The minimum atomic E-state index is -1.16. The highest BCUT2D eigenvalue weighted by Gasteiger charge is 2.40. The molecule has 0 aliphatic carbocycles. The summed E-state index contributed by atoms with van der Waals surface area (Å²) in [7, 11) is 0. The first kappa shape index (κ1) is 10.6. The smallest absolute Gasteiger partial charge is 0.181 e. The van der Waals surface area contributed by atoms with Gasteiger partial charge in [0.2, 0.25) is 0 Å². The van der Waals surface area contributed by atoms with Gasteiger partial charge in [0.05, 0.1) is 12.2 Å². The number of hydrogen-bond donors (Lipinski definition) is 3. The van der Waals surface area contributed by atoms with Crippen LogP contribution >= 0.6 is 22.6 Å². The highest BCUT2D eigenvalue weighted by molar-refractivity contribution is 14.1. The zero-order valence-corrected chi connectivity index (χ0v) is 8.88. The molecule has 0 saturated carbocycles. The molecule has 4 nitrogen and oxygen atoms in total. The Morgan fingerprint density at radius 3 is 2.33 bits per heavy atom. The van der Waals surface area contributed by atoms with E-state index in [4.69, 9.17) is 4.74 Å². The molecule has 0 bridgehead atoms. The van der Waals surface area contributed by atoms with E-state index in [1.807, 2.05) is 0 Å². The van der Waals surface area contributed by atoms with Crippen LogP contribution in [0.2, 0.25) is 0 Å². The van der Waals surface area contributed by atoms with Gasteiger partial charge in [-0.1, -0.05) is 29.5 Å². The van der Waals surface area contributed by atoms with Gasteiger partial charge < -0.3 is 20.1 Å². The molecular formula is C7H13IO4. The molecule has 1 aliphatic heterocycles. The van der Waals surface area contributed by atoms with Gasteiger partial charge in [-0.15, -0.1) is 0 Å². The van der Waals surface area contributed by atoms with Gasteiger partial charge >= 0.3 is 0 Å². The van der Waals surface area contributed by atoms with Crippen molar-refractivity contribution in [1.82, 2.24) is 0 Å². The third-order valence-corrected chi connectivity index (χ3v) is 3.08. The Kier molecular flexibility index (Phi) is 3.72. The van der Waals surface area contributed by atoms with Crippen molar-refractivity contribution in [1.29, 1.82) is 0 Å². The highest BCUT2D eigenvalue weighted by Crippen LogP contribution is 2.25. The Hall–Kier alpha value is 0.570. The molecule has 0 aromatic carbocycles. The molecule has 12 heavy (non-hydrogen) atoms. The third kappa shape index (κ3) is 1.90. The summed E-state index contributed by atoms with van der Waals surface area (Å²) in [5, 5.41) is 28.0. The summed E-state index contributed by atoms with van der Waals surface area (Å²) in [6.07, 6.45) is -3.22. The molecule has 72 valence electrons. The predicted octanol–water partition coefficient (Wildman–Crippen LogP) is -0.503. The quantitative estimate of drug-likeness (QED) is 0.449. The lowest BCUT2D eigenvalue weighted by Gasteiger charge is -2.38. The Balaban J connectivity index is 2.63. The maximum Gasteiger partial charge on any atom is 0.181 e. The average molecular weight is 288 g/mol. The zero-order valence-electron chi connectivity index (χ0n) is 6.72. The fourth-order valence-corrected chi connectivity index (χ4v) is 2.00. The van der Waals surface area contributed by atoms with Crippen LogP contribution in [0.5, 0.6) is 0 Å².